The zero-order valence-corrected chi connectivity index (χ0v) is 20.6. The van der Waals surface area contributed by atoms with Crippen LogP contribution in [0.1, 0.15) is 22.3 Å². The molecule has 1 N–H and O–H groups in total. The Kier molecular flexibility index (Phi) is 5.75. The smallest absolute Gasteiger partial charge is 0.311 e. The highest BCUT2D eigenvalue weighted by atomic mass is 32.2. The van der Waals surface area contributed by atoms with Crippen molar-refractivity contribution in [3.05, 3.63) is 111 Å². The quantitative estimate of drug-likeness (QED) is 0.109. The highest BCUT2D eigenvalue weighted by Crippen LogP contribution is 2.38. The van der Waals surface area contributed by atoms with Crippen molar-refractivity contribution in [1.29, 1.82) is 0 Å². The van der Waals surface area contributed by atoms with Crippen LogP contribution in [0.25, 0.3) is 21.3 Å². The van der Waals surface area contributed by atoms with E-state index in [4.69, 9.17) is 4.98 Å². The SMILES string of the molecule is O=[N+]([O-])c1cc(C=Nc2ccc3nc(SCc4ccc5c(c4)Cc4ccccc4-5)sc3c2)ccc1O. The molecule has 36 heavy (non-hydrogen) atoms. The van der Waals surface area contributed by atoms with Gasteiger partial charge in [0.1, 0.15) is 0 Å². The molecule has 0 saturated heterocycles. The molecular weight excluding hydrogens is 490 g/mol. The Labute approximate surface area is 215 Å². The van der Waals surface area contributed by atoms with Crippen LogP contribution in [-0.2, 0) is 12.2 Å². The molecule has 8 heteroatoms. The summed E-state index contributed by atoms with van der Waals surface area (Å²) in [6.45, 7) is 0. The molecule has 0 saturated carbocycles. The van der Waals surface area contributed by atoms with E-state index in [0.29, 0.717) is 5.56 Å². The van der Waals surface area contributed by atoms with E-state index in [1.165, 1.54) is 39.9 Å². The second-order valence-corrected chi connectivity index (χ2v) is 10.8. The number of thioether (sulfide) groups is 1. The number of thiazole rings is 1. The zero-order chi connectivity index (χ0) is 24.6. The molecule has 176 valence electrons. The molecule has 0 spiro atoms. The van der Waals surface area contributed by atoms with E-state index in [1.807, 2.05) is 18.2 Å². The van der Waals surface area contributed by atoms with Gasteiger partial charge in [0.05, 0.1) is 20.8 Å². The van der Waals surface area contributed by atoms with Crippen molar-refractivity contribution in [2.24, 2.45) is 4.99 Å². The molecule has 0 radical (unpaired) electrons. The van der Waals surface area contributed by atoms with Gasteiger partial charge >= 0.3 is 5.69 Å². The van der Waals surface area contributed by atoms with Gasteiger partial charge in [0.15, 0.2) is 10.1 Å². The van der Waals surface area contributed by atoms with Crippen LogP contribution < -0.4 is 0 Å². The second-order valence-electron chi connectivity index (χ2n) is 8.51. The Balaban J connectivity index is 1.16. The number of fused-ring (bicyclic) bond motifs is 4. The number of hydrogen-bond donors (Lipinski definition) is 1. The summed E-state index contributed by atoms with van der Waals surface area (Å²) in [6.07, 6.45) is 2.54. The number of aromatic nitrogens is 1. The third-order valence-corrected chi connectivity index (χ3v) is 8.36. The Morgan fingerprint density at radius 3 is 2.78 bits per heavy atom. The van der Waals surface area contributed by atoms with E-state index < -0.39 is 4.92 Å². The van der Waals surface area contributed by atoms with Crippen LogP contribution in [0.2, 0.25) is 0 Å². The standard InChI is InChI=1S/C28H19N3O3S2/c32-26-10-6-17(12-25(26)31(33)34)15-29-21-7-9-24-27(14-21)36-28(30-24)35-16-18-5-8-23-20(11-18)13-19-3-1-2-4-22(19)23/h1-12,14-15,32H,13,16H2. The predicted molar refractivity (Wildman–Crippen MR) is 146 cm³/mol. The molecule has 1 heterocycles. The topological polar surface area (TPSA) is 88.6 Å². The van der Waals surface area contributed by atoms with Crippen molar-refractivity contribution in [2.75, 3.05) is 0 Å². The lowest BCUT2D eigenvalue weighted by molar-refractivity contribution is -0.385. The largest absolute Gasteiger partial charge is 0.502 e. The van der Waals surface area contributed by atoms with Gasteiger partial charge in [-0.2, -0.15) is 0 Å². The van der Waals surface area contributed by atoms with E-state index in [9.17, 15) is 15.2 Å². The first-order valence-corrected chi connectivity index (χ1v) is 13.1. The van der Waals surface area contributed by atoms with E-state index in [0.717, 1.165) is 32.4 Å². The Morgan fingerprint density at radius 2 is 1.89 bits per heavy atom. The molecule has 0 unspecified atom stereocenters. The van der Waals surface area contributed by atoms with Gasteiger partial charge < -0.3 is 5.11 Å². The highest BCUT2D eigenvalue weighted by Gasteiger charge is 2.18. The Morgan fingerprint density at radius 1 is 1.03 bits per heavy atom. The van der Waals surface area contributed by atoms with Crippen molar-refractivity contribution in [1.82, 2.24) is 4.98 Å². The molecule has 0 aliphatic heterocycles. The van der Waals surface area contributed by atoms with Gasteiger partial charge in [-0.25, -0.2) is 4.98 Å². The number of nitro benzene ring substituents is 1. The number of rotatable bonds is 6. The van der Waals surface area contributed by atoms with E-state index in [-0.39, 0.29) is 11.4 Å². The lowest BCUT2D eigenvalue weighted by atomic mass is 10.0. The minimum Gasteiger partial charge on any atom is -0.502 e. The molecule has 1 aliphatic rings. The van der Waals surface area contributed by atoms with Gasteiger partial charge in [-0.05, 0) is 70.1 Å². The normalized spacial score (nSPS) is 12.2. The van der Waals surface area contributed by atoms with Crippen molar-refractivity contribution >= 4 is 50.9 Å². The molecule has 6 rings (SSSR count). The Hall–Kier alpha value is -4.01. The van der Waals surface area contributed by atoms with Crippen molar-refractivity contribution in [3.8, 4) is 16.9 Å². The molecule has 0 bridgehead atoms. The van der Waals surface area contributed by atoms with Gasteiger partial charge in [-0.15, -0.1) is 11.3 Å². The molecule has 4 aromatic carbocycles. The first kappa shape index (κ1) is 22.5. The fourth-order valence-electron chi connectivity index (χ4n) is 4.38. The summed E-state index contributed by atoms with van der Waals surface area (Å²) >= 11 is 3.36. The maximum Gasteiger partial charge on any atom is 0.311 e. The van der Waals surface area contributed by atoms with Crippen molar-refractivity contribution < 1.29 is 10.0 Å². The van der Waals surface area contributed by atoms with Crippen LogP contribution in [0, 0.1) is 10.1 Å². The van der Waals surface area contributed by atoms with Crippen LogP contribution in [0.15, 0.2) is 88.2 Å². The number of aliphatic imine (C=N–C) groups is 1. The van der Waals surface area contributed by atoms with E-state index in [1.54, 1.807) is 35.4 Å². The van der Waals surface area contributed by atoms with Crippen molar-refractivity contribution in [2.45, 2.75) is 16.5 Å². The number of nitrogens with zero attached hydrogens (tertiary/aromatic N) is 3. The number of benzene rings is 4. The van der Waals surface area contributed by atoms with Crippen LogP contribution in [0.3, 0.4) is 0 Å². The third kappa shape index (κ3) is 4.36. The van der Waals surface area contributed by atoms with Gasteiger partial charge in [0.25, 0.3) is 0 Å². The van der Waals surface area contributed by atoms with Crippen LogP contribution in [0.5, 0.6) is 5.75 Å². The van der Waals surface area contributed by atoms with Crippen LogP contribution in [0.4, 0.5) is 11.4 Å². The molecule has 0 amide bonds. The Bertz CT molecular complexity index is 1680. The van der Waals surface area contributed by atoms with E-state index >= 15 is 0 Å². The number of hydrogen-bond acceptors (Lipinski definition) is 7. The molecule has 6 nitrogen and oxygen atoms in total. The molecule has 0 fully saturated rings. The van der Waals surface area contributed by atoms with Crippen molar-refractivity contribution in [3.63, 3.8) is 0 Å². The minimum absolute atomic E-state index is 0.341. The first-order valence-electron chi connectivity index (χ1n) is 11.3. The number of phenols is 1. The number of phenolic OH excluding ortho intramolecular Hbond substituents is 1. The van der Waals surface area contributed by atoms with Gasteiger partial charge in [0.2, 0.25) is 0 Å². The number of aromatic hydroxyl groups is 1. The van der Waals surface area contributed by atoms with E-state index in [2.05, 4.69) is 47.5 Å². The predicted octanol–water partition coefficient (Wildman–Crippen LogP) is 7.52. The monoisotopic (exact) mass is 509 g/mol. The highest BCUT2D eigenvalue weighted by molar-refractivity contribution is 8.00. The fourth-order valence-corrected chi connectivity index (χ4v) is 6.43. The summed E-state index contributed by atoms with van der Waals surface area (Å²) in [5.41, 5.74) is 8.62. The maximum atomic E-state index is 11.0. The minimum atomic E-state index is -0.614. The second kappa shape index (κ2) is 9.22. The number of nitro groups is 1. The summed E-state index contributed by atoms with van der Waals surface area (Å²) in [4.78, 5) is 19.6. The summed E-state index contributed by atoms with van der Waals surface area (Å²) in [6, 6.07) is 25.3. The average molecular weight is 510 g/mol. The molecule has 1 aliphatic carbocycles. The summed E-state index contributed by atoms with van der Waals surface area (Å²) in [5.74, 6) is 0.493. The van der Waals surface area contributed by atoms with Crippen LogP contribution in [-0.4, -0.2) is 21.2 Å². The molecule has 0 atom stereocenters. The molecular formula is C28H19N3O3S2. The average Bonchev–Trinajstić information content (AvgIpc) is 3.46. The van der Waals surface area contributed by atoms with Gasteiger partial charge in [-0.3, -0.25) is 15.1 Å². The third-order valence-electron chi connectivity index (χ3n) is 6.13. The zero-order valence-electron chi connectivity index (χ0n) is 18.9. The van der Waals surface area contributed by atoms with Gasteiger partial charge in [-0.1, -0.05) is 54.2 Å². The first-order chi connectivity index (χ1) is 17.5. The summed E-state index contributed by atoms with van der Waals surface area (Å²) < 4.78 is 2.04. The summed E-state index contributed by atoms with van der Waals surface area (Å²) in [7, 11) is 0. The fraction of sp³-hybridized carbons (Fsp3) is 0.0714. The molecule has 5 aromatic rings. The summed E-state index contributed by atoms with van der Waals surface area (Å²) in [5, 5.41) is 20.6. The lowest BCUT2D eigenvalue weighted by Gasteiger charge is -2.04. The lowest BCUT2D eigenvalue weighted by Crippen LogP contribution is -1.90. The van der Waals surface area contributed by atoms with Gasteiger partial charge in [0, 0.05) is 18.0 Å². The molecule has 1 aromatic heterocycles. The maximum absolute atomic E-state index is 11.0. The van der Waals surface area contributed by atoms with Crippen LogP contribution >= 0.6 is 23.1 Å².